The van der Waals surface area contributed by atoms with Crippen LogP contribution >= 0.6 is 11.6 Å². The van der Waals surface area contributed by atoms with Gasteiger partial charge < -0.3 is 5.73 Å². The largest absolute Gasteiger partial charge is 0.325 e. The van der Waals surface area contributed by atoms with Crippen LogP contribution in [0.3, 0.4) is 0 Å². The Balaban J connectivity index is 2.46. The molecule has 15 heavy (non-hydrogen) atoms. The molecule has 0 radical (unpaired) electrons. The van der Waals surface area contributed by atoms with Crippen molar-refractivity contribution in [1.29, 1.82) is 0 Å². The van der Waals surface area contributed by atoms with Gasteiger partial charge in [0.05, 0.1) is 0 Å². The second-order valence-corrected chi connectivity index (χ2v) is 5.40. The number of benzene rings is 1. The first-order chi connectivity index (χ1) is 6.85. The van der Waals surface area contributed by atoms with Crippen LogP contribution < -0.4 is 5.73 Å². The van der Waals surface area contributed by atoms with Crippen molar-refractivity contribution >= 4 is 11.6 Å². The smallest absolute Gasteiger partial charge is 0.124 e. The quantitative estimate of drug-likeness (QED) is 0.825. The topological polar surface area (TPSA) is 26.0 Å². The van der Waals surface area contributed by atoms with E-state index in [0.717, 1.165) is 18.4 Å². The van der Waals surface area contributed by atoms with Crippen molar-refractivity contribution in [3.63, 3.8) is 0 Å². The lowest BCUT2D eigenvalue weighted by molar-refractivity contribution is 0.390. The minimum Gasteiger partial charge on any atom is -0.325 e. The summed E-state index contributed by atoms with van der Waals surface area (Å²) < 4.78 is 13.2. The Morgan fingerprint density at radius 1 is 1.33 bits per heavy atom. The molecule has 1 saturated carbocycles. The van der Waals surface area contributed by atoms with Crippen LogP contribution in [0.5, 0.6) is 0 Å². The minimum absolute atomic E-state index is 0.0846. The van der Waals surface area contributed by atoms with Crippen molar-refractivity contribution in [3.05, 3.63) is 34.6 Å². The van der Waals surface area contributed by atoms with Gasteiger partial charge in [0.15, 0.2) is 0 Å². The highest BCUT2D eigenvalue weighted by Crippen LogP contribution is 2.55. The van der Waals surface area contributed by atoms with E-state index in [1.807, 2.05) is 19.9 Å². The molecule has 82 valence electrons. The Kier molecular flexibility index (Phi) is 2.32. The standard InChI is InChI=1S/C12H15ClFN/c1-11(2,15)12(3-4-12)8-5-9(13)7-10(14)6-8/h5-7H,3-4,15H2,1-2H3. The lowest BCUT2D eigenvalue weighted by atomic mass is 9.79. The van der Waals surface area contributed by atoms with Crippen LogP contribution in [-0.4, -0.2) is 5.54 Å². The molecule has 1 nitrogen and oxygen atoms in total. The molecule has 0 bridgehead atoms. The van der Waals surface area contributed by atoms with Crippen LogP contribution in [0.15, 0.2) is 18.2 Å². The maximum absolute atomic E-state index is 13.2. The van der Waals surface area contributed by atoms with Crippen molar-refractivity contribution in [1.82, 2.24) is 0 Å². The molecule has 0 heterocycles. The monoisotopic (exact) mass is 227 g/mol. The van der Waals surface area contributed by atoms with E-state index in [1.165, 1.54) is 6.07 Å². The molecule has 0 unspecified atom stereocenters. The van der Waals surface area contributed by atoms with Crippen LogP contribution in [0.25, 0.3) is 0 Å². The number of hydrogen-bond acceptors (Lipinski definition) is 1. The number of halogens is 2. The fourth-order valence-electron chi connectivity index (χ4n) is 2.26. The van der Waals surface area contributed by atoms with Gasteiger partial charge in [-0.1, -0.05) is 11.6 Å². The van der Waals surface area contributed by atoms with Gasteiger partial charge in [0.1, 0.15) is 5.82 Å². The summed E-state index contributed by atoms with van der Waals surface area (Å²) in [4.78, 5) is 0. The van der Waals surface area contributed by atoms with Gasteiger partial charge in [-0.15, -0.1) is 0 Å². The highest BCUT2D eigenvalue weighted by atomic mass is 35.5. The zero-order valence-electron chi connectivity index (χ0n) is 8.98. The summed E-state index contributed by atoms with van der Waals surface area (Å²) in [6.45, 7) is 3.97. The number of hydrogen-bond donors (Lipinski definition) is 1. The molecule has 1 aliphatic carbocycles. The third-order valence-corrected chi connectivity index (χ3v) is 3.62. The first kappa shape index (κ1) is 10.9. The Morgan fingerprint density at radius 2 is 1.93 bits per heavy atom. The molecule has 0 aliphatic heterocycles. The summed E-state index contributed by atoms with van der Waals surface area (Å²) in [6.07, 6.45) is 2.02. The maximum atomic E-state index is 13.2. The fourth-order valence-corrected chi connectivity index (χ4v) is 2.48. The van der Waals surface area contributed by atoms with E-state index >= 15 is 0 Å². The van der Waals surface area contributed by atoms with E-state index in [9.17, 15) is 4.39 Å². The van der Waals surface area contributed by atoms with Gasteiger partial charge >= 0.3 is 0 Å². The van der Waals surface area contributed by atoms with E-state index in [1.54, 1.807) is 6.07 Å². The maximum Gasteiger partial charge on any atom is 0.124 e. The average molecular weight is 228 g/mol. The fraction of sp³-hybridized carbons (Fsp3) is 0.500. The van der Waals surface area contributed by atoms with Gasteiger partial charge in [0.25, 0.3) is 0 Å². The van der Waals surface area contributed by atoms with Crippen molar-refractivity contribution in [2.75, 3.05) is 0 Å². The van der Waals surface area contributed by atoms with Crippen LogP contribution in [0.4, 0.5) is 4.39 Å². The van der Waals surface area contributed by atoms with Gasteiger partial charge in [0.2, 0.25) is 0 Å². The third kappa shape index (κ3) is 1.77. The average Bonchev–Trinajstić information content (AvgIpc) is 2.79. The summed E-state index contributed by atoms with van der Waals surface area (Å²) in [5, 5.41) is 0.445. The lowest BCUT2D eigenvalue weighted by Gasteiger charge is -2.31. The van der Waals surface area contributed by atoms with Crippen molar-refractivity contribution in [2.45, 2.75) is 37.6 Å². The van der Waals surface area contributed by atoms with Gasteiger partial charge in [-0.05, 0) is 50.5 Å². The molecule has 1 fully saturated rings. The third-order valence-electron chi connectivity index (χ3n) is 3.40. The first-order valence-electron chi connectivity index (χ1n) is 5.11. The van der Waals surface area contributed by atoms with Crippen LogP contribution in [-0.2, 0) is 5.41 Å². The molecular formula is C12H15ClFN. The summed E-state index contributed by atoms with van der Waals surface area (Å²) in [7, 11) is 0. The van der Waals surface area contributed by atoms with Gasteiger partial charge in [0, 0.05) is 16.0 Å². The molecule has 0 aromatic heterocycles. The van der Waals surface area contributed by atoms with Crippen LogP contribution in [0, 0.1) is 5.82 Å². The van der Waals surface area contributed by atoms with Crippen LogP contribution in [0.2, 0.25) is 5.02 Å². The van der Waals surface area contributed by atoms with Gasteiger partial charge in [-0.25, -0.2) is 4.39 Å². The normalized spacial score (nSPS) is 19.0. The Morgan fingerprint density at radius 3 is 2.33 bits per heavy atom. The molecule has 1 aromatic rings. The van der Waals surface area contributed by atoms with E-state index in [-0.39, 0.29) is 16.8 Å². The van der Waals surface area contributed by atoms with Crippen molar-refractivity contribution in [2.24, 2.45) is 5.73 Å². The molecule has 2 N–H and O–H groups in total. The summed E-state index contributed by atoms with van der Waals surface area (Å²) in [5.41, 5.74) is 6.66. The molecule has 0 atom stereocenters. The highest BCUT2D eigenvalue weighted by molar-refractivity contribution is 6.30. The van der Waals surface area contributed by atoms with Crippen molar-refractivity contribution in [3.8, 4) is 0 Å². The van der Waals surface area contributed by atoms with E-state index in [4.69, 9.17) is 17.3 Å². The molecule has 0 spiro atoms. The van der Waals surface area contributed by atoms with E-state index in [2.05, 4.69) is 0 Å². The van der Waals surface area contributed by atoms with Gasteiger partial charge in [-0.2, -0.15) is 0 Å². The predicted molar refractivity (Wildman–Crippen MR) is 60.6 cm³/mol. The summed E-state index contributed by atoms with van der Waals surface area (Å²) >= 11 is 5.85. The van der Waals surface area contributed by atoms with Crippen LogP contribution in [0.1, 0.15) is 32.3 Å². The predicted octanol–water partition coefficient (Wildman–Crippen LogP) is 3.25. The van der Waals surface area contributed by atoms with Crippen molar-refractivity contribution < 1.29 is 4.39 Å². The molecule has 3 heteroatoms. The van der Waals surface area contributed by atoms with E-state index in [0.29, 0.717) is 5.02 Å². The summed E-state index contributed by atoms with van der Waals surface area (Å²) in [5.74, 6) is -0.284. The zero-order valence-corrected chi connectivity index (χ0v) is 9.74. The molecule has 1 aliphatic rings. The molecule has 2 rings (SSSR count). The molecule has 1 aromatic carbocycles. The number of rotatable bonds is 2. The Hall–Kier alpha value is -0.600. The second kappa shape index (κ2) is 3.19. The Bertz CT molecular complexity index is 371. The number of nitrogens with two attached hydrogens (primary N) is 1. The van der Waals surface area contributed by atoms with Gasteiger partial charge in [-0.3, -0.25) is 0 Å². The molecular weight excluding hydrogens is 213 g/mol. The first-order valence-corrected chi connectivity index (χ1v) is 5.48. The summed E-state index contributed by atoms with van der Waals surface area (Å²) in [6, 6.07) is 4.70. The SMILES string of the molecule is CC(C)(N)C1(c2cc(F)cc(Cl)c2)CC1. The van der Waals surface area contributed by atoms with E-state index < -0.39 is 0 Å². The highest BCUT2D eigenvalue weighted by Gasteiger charge is 2.53. The zero-order chi connectivity index (χ0) is 11.3. The lowest BCUT2D eigenvalue weighted by Crippen LogP contribution is -2.45. The molecule has 0 amide bonds. The minimum atomic E-state index is -0.329. The molecule has 0 saturated heterocycles. The Labute approximate surface area is 94.4 Å². The second-order valence-electron chi connectivity index (χ2n) is 4.96.